The number of benzene rings is 3. The minimum Gasteiger partial charge on any atom is -0.457 e. The molecule has 0 radical (unpaired) electrons. The van der Waals surface area contributed by atoms with E-state index in [0.29, 0.717) is 5.69 Å². The van der Waals surface area contributed by atoms with E-state index in [1.807, 2.05) is 105 Å². The monoisotopic (exact) mass is 723 g/mol. The van der Waals surface area contributed by atoms with E-state index in [2.05, 4.69) is 45.5 Å². The van der Waals surface area contributed by atoms with Crippen LogP contribution in [0.2, 0.25) is 18.1 Å². The van der Waals surface area contributed by atoms with Gasteiger partial charge in [-0.3, -0.25) is 14.3 Å². The highest BCUT2D eigenvalue weighted by atomic mass is 31.2. The SMILES string of the molecule is C=CCOC(=O)C(N1C(=O)[C@H]([C@@H](C)O[Si](C)(C)C(C)(C)C)[C@H]1CC(=O)c1cc(C)n(C)n1)=P(c1ccccc1)(c1ccccc1)c1ccccc1. The zero-order valence-corrected chi connectivity index (χ0v) is 32.9. The zero-order valence-electron chi connectivity index (χ0n) is 31.0. The summed E-state index contributed by atoms with van der Waals surface area (Å²) in [4.78, 5) is 45.5. The molecular formula is C41H50N3O5PSi. The first-order valence-electron chi connectivity index (χ1n) is 17.4. The number of likely N-dealkylation sites (tertiary alicyclic amines) is 1. The second kappa shape index (κ2) is 15.1. The molecule has 3 aromatic carbocycles. The molecule has 1 aromatic heterocycles. The average Bonchev–Trinajstić information content (AvgIpc) is 3.45. The molecule has 5 rings (SSSR count). The van der Waals surface area contributed by atoms with Gasteiger partial charge in [0.1, 0.15) is 17.7 Å². The van der Waals surface area contributed by atoms with E-state index >= 15 is 0 Å². The fourth-order valence-corrected chi connectivity index (χ4v) is 12.5. The van der Waals surface area contributed by atoms with Crippen LogP contribution in [0.3, 0.4) is 0 Å². The molecule has 0 spiro atoms. The lowest BCUT2D eigenvalue weighted by molar-refractivity contribution is -0.156. The largest absolute Gasteiger partial charge is 0.457 e. The second-order valence-electron chi connectivity index (χ2n) is 14.7. The maximum Gasteiger partial charge on any atom is 0.356 e. The number of ketones is 1. The van der Waals surface area contributed by atoms with Gasteiger partial charge in [0, 0.05) is 26.0 Å². The maximum atomic E-state index is 15.0. The molecule has 0 unspecified atom stereocenters. The Morgan fingerprint density at radius 3 is 1.84 bits per heavy atom. The number of ether oxygens (including phenoxy) is 1. The molecule has 268 valence electrons. The standard InChI is InChI=1S/C41H50N3O5PSi/c1-10-26-48-40(47)39(50(31-20-14-11-15-21-31,32-22-16-12-17-23-32)33-24-18-13-19-25-33)44-35(28-36(45)34-27-29(2)43(7)42-34)37(38(44)46)30(3)49-51(8,9)41(4,5)6/h10-25,27,30,35,37H,1,26,28H2,2-9H3/t30-,35-,37-/m1/s1. The normalized spacial score (nSPS) is 17.0. The summed E-state index contributed by atoms with van der Waals surface area (Å²) in [6.45, 7) is 15.2. The Morgan fingerprint density at radius 1 is 0.941 bits per heavy atom. The molecule has 0 saturated carbocycles. The summed E-state index contributed by atoms with van der Waals surface area (Å²) in [6, 6.07) is 30.6. The Labute approximate surface area is 303 Å². The summed E-state index contributed by atoms with van der Waals surface area (Å²) in [5.74, 6) is -1.79. The molecule has 10 heteroatoms. The molecule has 1 fully saturated rings. The van der Waals surface area contributed by atoms with Crippen molar-refractivity contribution >= 4 is 54.2 Å². The number of hydrogen-bond acceptors (Lipinski definition) is 6. The van der Waals surface area contributed by atoms with Gasteiger partial charge < -0.3 is 14.1 Å². The summed E-state index contributed by atoms with van der Waals surface area (Å²) in [7, 11) is -0.543. The minimum atomic E-state index is -3.15. The number of Topliss-reactive ketones (excluding diaryl/α,β-unsaturated/α-hetero) is 1. The van der Waals surface area contributed by atoms with Crippen molar-refractivity contribution in [1.29, 1.82) is 0 Å². The van der Waals surface area contributed by atoms with E-state index in [0.717, 1.165) is 21.6 Å². The third-order valence-corrected chi connectivity index (χ3v) is 19.2. The van der Waals surface area contributed by atoms with Crippen LogP contribution in [-0.2, 0) is 25.8 Å². The van der Waals surface area contributed by atoms with Crippen LogP contribution < -0.4 is 15.9 Å². The molecule has 1 aliphatic heterocycles. The van der Waals surface area contributed by atoms with E-state index in [1.54, 1.807) is 22.7 Å². The minimum absolute atomic E-state index is 0.0470. The molecule has 8 nitrogen and oxygen atoms in total. The number of β-lactam (4-membered cyclic amide) rings is 1. The van der Waals surface area contributed by atoms with Crippen molar-refractivity contribution in [3.8, 4) is 0 Å². The first kappa shape index (κ1) is 37.9. The predicted octanol–water partition coefficient (Wildman–Crippen LogP) is 6.39. The number of esters is 1. The van der Waals surface area contributed by atoms with Crippen LogP contribution in [-0.4, -0.2) is 64.8 Å². The van der Waals surface area contributed by atoms with Crippen LogP contribution in [0.1, 0.15) is 50.3 Å². The van der Waals surface area contributed by atoms with Gasteiger partial charge in [-0.2, -0.15) is 5.10 Å². The third-order valence-electron chi connectivity index (χ3n) is 10.3. The Morgan fingerprint density at radius 2 is 1.43 bits per heavy atom. The molecule has 0 N–H and O–H groups in total. The summed E-state index contributed by atoms with van der Waals surface area (Å²) in [6.07, 6.45) is 0.958. The fourth-order valence-electron chi connectivity index (χ4n) is 6.63. The number of carbonyl (C=O) groups is 3. The quantitative estimate of drug-likeness (QED) is 0.0397. The molecule has 3 atom stereocenters. The number of carbonyl (C=O) groups excluding carboxylic acids is 3. The zero-order chi connectivity index (χ0) is 37.1. The van der Waals surface area contributed by atoms with Crippen molar-refractivity contribution in [3.63, 3.8) is 0 Å². The number of aryl methyl sites for hydroxylation is 2. The number of nitrogens with zero attached hydrogens (tertiary/aromatic N) is 3. The van der Waals surface area contributed by atoms with Crippen LogP contribution >= 0.6 is 6.89 Å². The fraction of sp³-hybridized carbons (Fsp3) is 0.341. The lowest BCUT2D eigenvalue weighted by atomic mass is 9.80. The Bertz CT molecular complexity index is 1830. The van der Waals surface area contributed by atoms with Gasteiger partial charge in [-0.1, -0.05) is 124 Å². The Hall–Kier alpha value is -4.30. The van der Waals surface area contributed by atoms with E-state index in [9.17, 15) is 14.4 Å². The van der Waals surface area contributed by atoms with Crippen molar-refractivity contribution in [2.45, 2.75) is 71.3 Å². The summed E-state index contributed by atoms with van der Waals surface area (Å²) in [5, 5.41) is 7.00. The van der Waals surface area contributed by atoms with Crippen LogP contribution in [0.4, 0.5) is 0 Å². The molecule has 51 heavy (non-hydrogen) atoms. The van der Waals surface area contributed by atoms with Gasteiger partial charge in [0.25, 0.3) is 0 Å². The van der Waals surface area contributed by atoms with Crippen LogP contribution in [0.15, 0.2) is 110 Å². The number of aromatic nitrogens is 2. The maximum absolute atomic E-state index is 15.0. The molecule has 1 aliphatic rings. The van der Waals surface area contributed by atoms with Crippen LogP contribution in [0.25, 0.3) is 0 Å². The second-order valence-corrected chi connectivity index (χ2v) is 22.8. The first-order valence-corrected chi connectivity index (χ1v) is 22.1. The van der Waals surface area contributed by atoms with Crippen molar-refractivity contribution in [2.75, 3.05) is 6.61 Å². The molecule has 4 aromatic rings. The predicted molar refractivity (Wildman–Crippen MR) is 210 cm³/mol. The van der Waals surface area contributed by atoms with Gasteiger partial charge in [0.2, 0.25) is 5.91 Å². The summed E-state index contributed by atoms with van der Waals surface area (Å²) >= 11 is 0. The number of amides is 1. The Balaban J connectivity index is 1.84. The lowest BCUT2D eigenvalue weighted by Gasteiger charge is -2.52. The molecule has 1 saturated heterocycles. The van der Waals surface area contributed by atoms with Gasteiger partial charge in [0.05, 0.1) is 18.1 Å². The molecule has 0 aliphatic carbocycles. The highest BCUT2D eigenvalue weighted by Crippen LogP contribution is 2.50. The topological polar surface area (TPSA) is 90.7 Å². The van der Waals surface area contributed by atoms with Gasteiger partial charge >= 0.3 is 5.97 Å². The van der Waals surface area contributed by atoms with Gasteiger partial charge in [-0.15, -0.1) is 0 Å². The van der Waals surface area contributed by atoms with Crippen molar-refractivity contribution in [1.82, 2.24) is 14.7 Å². The smallest absolute Gasteiger partial charge is 0.356 e. The third kappa shape index (κ3) is 7.25. The van der Waals surface area contributed by atoms with E-state index < -0.39 is 39.2 Å². The highest BCUT2D eigenvalue weighted by Gasteiger charge is 2.57. The highest BCUT2D eigenvalue weighted by molar-refractivity contribution is 7.96. The van der Waals surface area contributed by atoms with E-state index in [1.165, 1.54) is 6.08 Å². The number of hydrogen-bond donors (Lipinski definition) is 0. The summed E-state index contributed by atoms with van der Waals surface area (Å²) < 4.78 is 14.4. The van der Waals surface area contributed by atoms with Crippen LogP contribution in [0, 0.1) is 12.8 Å². The lowest BCUT2D eigenvalue weighted by Crippen LogP contribution is -2.69. The molecule has 2 heterocycles. The van der Waals surface area contributed by atoms with Crippen LogP contribution in [0.5, 0.6) is 0 Å². The molecular weight excluding hydrogens is 674 g/mol. The molecule has 0 bridgehead atoms. The summed E-state index contributed by atoms with van der Waals surface area (Å²) in [5.41, 5.74) is 1.38. The van der Waals surface area contributed by atoms with Gasteiger partial charge in [-0.25, -0.2) is 4.79 Å². The molecule has 1 amide bonds. The van der Waals surface area contributed by atoms with Crippen molar-refractivity contribution in [2.24, 2.45) is 13.0 Å². The Kier molecular flexibility index (Phi) is 11.3. The van der Waals surface area contributed by atoms with E-state index in [4.69, 9.17) is 9.16 Å². The number of rotatable bonds is 13. The van der Waals surface area contributed by atoms with Gasteiger partial charge in [0.15, 0.2) is 14.1 Å². The van der Waals surface area contributed by atoms with Crippen molar-refractivity contribution < 1.29 is 23.5 Å². The van der Waals surface area contributed by atoms with Crippen molar-refractivity contribution in [3.05, 3.63) is 121 Å². The van der Waals surface area contributed by atoms with E-state index in [-0.39, 0.29) is 35.2 Å². The van der Waals surface area contributed by atoms with Gasteiger partial charge in [-0.05, 0) is 54.0 Å². The first-order chi connectivity index (χ1) is 24.1. The average molecular weight is 724 g/mol.